The number of aromatic nitrogens is 1. The number of pyridine rings is 1. The summed E-state index contributed by atoms with van der Waals surface area (Å²) in [6.07, 6.45) is 3.42. The van der Waals surface area contributed by atoms with Gasteiger partial charge in [0.15, 0.2) is 6.61 Å². The zero-order valence-electron chi connectivity index (χ0n) is 13.2. The van der Waals surface area contributed by atoms with E-state index < -0.39 is 5.97 Å². The molecule has 0 unspecified atom stereocenters. The second kappa shape index (κ2) is 9.57. The highest BCUT2D eigenvalue weighted by Gasteiger charge is 2.14. The van der Waals surface area contributed by atoms with Gasteiger partial charge in [0.1, 0.15) is 17.4 Å². The van der Waals surface area contributed by atoms with Crippen LogP contribution in [0.5, 0.6) is 5.75 Å². The predicted molar refractivity (Wildman–Crippen MR) is 91.2 cm³/mol. The van der Waals surface area contributed by atoms with Gasteiger partial charge in [0.25, 0.3) is 5.91 Å². The van der Waals surface area contributed by atoms with Crippen LogP contribution in [0.1, 0.15) is 10.4 Å². The third-order valence-corrected chi connectivity index (χ3v) is 3.67. The zero-order chi connectivity index (χ0) is 17.2. The molecule has 0 saturated carbocycles. The highest BCUT2D eigenvalue weighted by atomic mass is 32.2. The van der Waals surface area contributed by atoms with E-state index in [2.05, 4.69) is 10.3 Å². The number of carbonyl (C=O) groups is 2. The van der Waals surface area contributed by atoms with Gasteiger partial charge >= 0.3 is 5.97 Å². The highest BCUT2D eigenvalue weighted by Crippen LogP contribution is 2.17. The molecule has 24 heavy (non-hydrogen) atoms. The third-order valence-electron chi connectivity index (χ3n) is 2.95. The molecular weight excluding hydrogens is 328 g/mol. The van der Waals surface area contributed by atoms with Crippen molar-refractivity contribution in [2.24, 2.45) is 0 Å². The van der Waals surface area contributed by atoms with Gasteiger partial charge in [-0.25, -0.2) is 9.78 Å². The van der Waals surface area contributed by atoms with Crippen LogP contribution in [-0.4, -0.2) is 42.9 Å². The molecule has 7 heteroatoms. The normalized spacial score (nSPS) is 10.0. The number of thioether (sulfide) groups is 1. The summed E-state index contributed by atoms with van der Waals surface area (Å²) in [6, 6.07) is 12.6. The fourth-order valence-corrected chi connectivity index (χ4v) is 2.38. The van der Waals surface area contributed by atoms with Gasteiger partial charge in [-0.3, -0.25) is 4.79 Å². The Balaban J connectivity index is 1.68. The van der Waals surface area contributed by atoms with Crippen molar-refractivity contribution in [1.82, 2.24) is 10.3 Å². The van der Waals surface area contributed by atoms with Crippen molar-refractivity contribution in [1.29, 1.82) is 0 Å². The Hall–Kier alpha value is -2.54. The van der Waals surface area contributed by atoms with E-state index in [1.54, 1.807) is 18.3 Å². The van der Waals surface area contributed by atoms with E-state index in [-0.39, 0.29) is 12.5 Å². The van der Waals surface area contributed by atoms with Crippen molar-refractivity contribution in [3.63, 3.8) is 0 Å². The molecule has 126 valence electrons. The average Bonchev–Trinajstić information content (AvgIpc) is 2.64. The zero-order valence-corrected chi connectivity index (χ0v) is 14.0. The molecule has 1 aromatic carbocycles. The quantitative estimate of drug-likeness (QED) is 0.448. The van der Waals surface area contributed by atoms with Crippen LogP contribution in [0, 0.1) is 0 Å². The van der Waals surface area contributed by atoms with Crippen molar-refractivity contribution in [3.05, 3.63) is 54.2 Å². The summed E-state index contributed by atoms with van der Waals surface area (Å²) < 4.78 is 10.5. The smallest absolute Gasteiger partial charge is 0.341 e. The number of hydrogen-bond acceptors (Lipinski definition) is 6. The van der Waals surface area contributed by atoms with Gasteiger partial charge in [-0.2, -0.15) is 0 Å². The summed E-state index contributed by atoms with van der Waals surface area (Å²) in [4.78, 5) is 27.7. The summed E-state index contributed by atoms with van der Waals surface area (Å²) in [6.45, 7) is 0.323. The summed E-state index contributed by atoms with van der Waals surface area (Å²) in [5, 5.41) is 3.20. The molecule has 0 aliphatic rings. The minimum Gasteiger partial charge on any atom is -0.492 e. The Kier molecular flexibility index (Phi) is 7.10. The van der Waals surface area contributed by atoms with E-state index in [9.17, 15) is 9.59 Å². The number of ether oxygens (including phenoxy) is 2. The van der Waals surface area contributed by atoms with Crippen LogP contribution < -0.4 is 10.1 Å². The Morgan fingerprint density at radius 2 is 1.96 bits per heavy atom. The molecule has 0 atom stereocenters. The van der Waals surface area contributed by atoms with Gasteiger partial charge in [-0.05, 0) is 30.5 Å². The summed E-state index contributed by atoms with van der Waals surface area (Å²) in [5.41, 5.74) is 0.352. The molecule has 6 nitrogen and oxygen atoms in total. The Morgan fingerprint density at radius 3 is 2.71 bits per heavy atom. The standard InChI is InChI=1S/C17H18N2O4S/c1-24-16-14(8-5-9-19-16)17(21)23-12-15(20)18-10-11-22-13-6-3-2-4-7-13/h2-9H,10-12H2,1H3,(H,18,20). The molecule has 1 N–H and O–H groups in total. The molecule has 2 aromatic rings. The van der Waals surface area contributed by atoms with Crippen LogP contribution in [0.3, 0.4) is 0 Å². The van der Waals surface area contributed by atoms with Crippen LogP contribution in [0.15, 0.2) is 53.7 Å². The highest BCUT2D eigenvalue weighted by molar-refractivity contribution is 7.98. The maximum Gasteiger partial charge on any atom is 0.341 e. The van der Waals surface area contributed by atoms with Crippen LogP contribution in [-0.2, 0) is 9.53 Å². The van der Waals surface area contributed by atoms with Crippen molar-refractivity contribution >= 4 is 23.6 Å². The van der Waals surface area contributed by atoms with Crippen molar-refractivity contribution < 1.29 is 19.1 Å². The van der Waals surface area contributed by atoms with E-state index in [0.29, 0.717) is 23.7 Å². The molecule has 0 spiro atoms. The number of nitrogens with one attached hydrogen (secondary N) is 1. The first-order valence-corrected chi connectivity index (χ1v) is 8.54. The fourth-order valence-electron chi connectivity index (χ4n) is 1.84. The van der Waals surface area contributed by atoms with Gasteiger partial charge in [-0.1, -0.05) is 18.2 Å². The molecule has 0 bridgehead atoms. The van der Waals surface area contributed by atoms with Crippen LogP contribution in [0.25, 0.3) is 0 Å². The van der Waals surface area contributed by atoms with Crippen LogP contribution in [0.4, 0.5) is 0 Å². The maximum absolute atomic E-state index is 12.0. The van der Waals surface area contributed by atoms with Crippen LogP contribution >= 0.6 is 11.8 Å². The van der Waals surface area contributed by atoms with Crippen LogP contribution in [0.2, 0.25) is 0 Å². The summed E-state index contributed by atoms with van der Waals surface area (Å²) >= 11 is 1.34. The molecule has 0 aliphatic carbocycles. The molecule has 0 fully saturated rings. The third kappa shape index (κ3) is 5.58. The SMILES string of the molecule is CSc1ncccc1C(=O)OCC(=O)NCCOc1ccccc1. The molecular formula is C17H18N2O4S. The van der Waals surface area contributed by atoms with Gasteiger partial charge in [-0.15, -0.1) is 11.8 Å². The van der Waals surface area contributed by atoms with E-state index in [1.807, 2.05) is 36.6 Å². The van der Waals surface area contributed by atoms with E-state index in [4.69, 9.17) is 9.47 Å². The largest absolute Gasteiger partial charge is 0.492 e. The minimum atomic E-state index is -0.567. The second-order valence-corrected chi connectivity index (χ2v) is 5.44. The predicted octanol–water partition coefficient (Wildman–Crippen LogP) is 2.16. The number of nitrogens with zero attached hydrogens (tertiary/aromatic N) is 1. The van der Waals surface area contributed by atoms with Crippen molar-refractivity contribution in [2.45, 2.75) is 5.03 Å². The van der Waals surface area contributed by atoms with Gasteiger partial charge in [0, 0.05) is 6.20 Å². The first-order valence-electron chi connectivity index (χ1n) is 7.31. The molecule has 1 heterocycles. The fraction of sp³-hybridized carbons (Fsp3) is 0.235. The maximum atomic E-state index is 12.0. The second-order valence-electron chi connectivity index (χ2n) is 4.65. The number of benzene rings is 1. The van der Waals surface area contributed by atoms with Crippen molar-refractivity contribution in [2.75, 3.05) is 26.0 Å². The first kappa shape index (κ1) is 17.8. The van der Waals surface area contributed by atoms with Gasteiger partial charge in [0.2, 0.25) is 0 Å². The average molecular weight is 346 g/mol. The van der Waals surface area contributed by atoms with E-state index in [1.165, 1.54) is 11.8 Å². The topological polar surface area (TPSA) is 77.5 Å². The number of rotatable bonds is 8. The number of para-hydroxylation sites is 1. The number of amides is 1. The lowest BCUT2D eigenvalue weighted by Crippen LogP contribution is -2.32. The molecule has 2 rings (SSSR count). The van der Waals surface area contributed by atoms with Crippen molar-refractivity contribution in [3.8, 4) is 5.75 Å². The number of hydrogen-bond donors (Lipinski definition) is 1. The lowest BCUT2D eigenvalue weighted by Gasteiger charge is -2.09. The first-order chi connectivity index (χ1) is 11.7. The Labute approximate surface area is 144 Å². The molecule has 0 radical (unpaired) electrons. The molecule has 1 aromatic heterocycles. The van der Waals surface area contributed by atoms with E-state index >= 15 is 0 Å². The number of carbonyl (C=O) groups excluding carboxylic acids is 2. The number of esters is 1. The minimum absolute atomic E-state index is 0.328. The van der Waals surface area contributed by atoms with Gasteiger partial charge < -0.3 is 14.8 Å². The Morgan fingerprint density at radius 1 is 1.17 bits per heavy atom. The Bertz CT molecular complexity index is 679. The van der Waals surface area contributed by atoms with Gasteiger partial charge in [0.05, 0.1) is 12.1 Å². The summed E-state index contributed by atoms with van der Waals surface area (Å²) in [5.74, 6) is -0.211. The lowest BCUT2D eigenvalue weighted by atomic mass is 10.3. The molecule has 1 amide bonds. The molecule has 0 saturated heterocycles. The summed E-state index contributed by atoms with van der Waals surface area (Å²) in [7, 11) is 0. The monoisotopic (exact) mass is 346 g/mol. The molecule has 0 aliphatic heterocycles. The van der Waals surface area contributed by atoms with E-state index in [0.717, 1.165) is 5.75 Å². The lowest BCUT2D eigenvalue weighted by molar-refractivity contribution is -0.124.